The standard InChI is InChI=1S/C26H38N4O5.CH4/c1-27-23-9-6-5-8-22(23)26(34)20-10-12-21(13-11-20)30(4)25(33)18-24(32)29(3)15-17-35-16-7-14-28(2)19-31;/h10-13,19,27H,5-9,14-18H2,1-4H3;1H4. The van der Waals surface area contributed by atoms with E-state index in [0.717, 1.165) is 49.8 Å². The number of hydrogen-bond acceptors (Lipinski definition) is 6. The first kappa shape index (κ1) is 30.8. The first-order valence-electron chi connectivity index (χ1n) is 12.1. The third-order valence-corrected chi connectivity index (χ3v) is 6.21. The Kier molecular flexibility index (Phi) is 13.5. The van der Waals surface area contributed by atoms with Crippen LogP contribution in [0, 0.1) is 0 Å². The number of nitrogens with one attached hydrogen (secondary N) is 1. The number of amides is 3. The monoisotopic (exact) mass is 502 g/mol. The number of carbonyl (C=O) groups is 4. The molecule has 1 N–H and O–H groups in total. The topological polar surface area (TPSA) is 99.3 Å². The molecule has 0 fully saturated rings. The zero-order valence-corrected chi connectivity index (χ0v) is 21.3. The third-order valence-electron chi connectivity index (χ3n) is 6.21. The van der Waals surface area contributed by atoms with Crippen LogP contribution in [0.15, 0.2) is 35.5 Å². The number of hydrogen-bond donors (Lipinski definition) is 1. The number of anilines is 1. The molecule has 9 heteroatoms. The molecule has 0 aromatic heterocycles. The van der Waals surface area contributed by atoms with Crippen LogP contribution in [-0.4, -0.2) is 88.3 Å². The van der Waals surface area contributed by atoms with Crippen molar-refractivity contribution in [1.29, 1.82) is 0 Å². The molecule has 0 saturated heterocycles. The quantitative estimate of drug-likeness (QED) is 0.182. The maximum absolute atomic E-state index is 12.9. The van der Waals surface area contributed by atoms with Crippen molar-refractivity contribution in [1.82, 2.24) is 15.1 Å². The van der Waals surface area contributed by atoms with E-state index in [2.05, 4.69) is 5.32 Å². The Bertz CT molecular complexity index is 913. The van der Waals surface area contributed by atoms with Gasteiger partial charge in [-0.15, -0.1) is 0 Å². The predicted octanol–water partition coefficient (Wildman–Crippen LogP) is 2.86. The molecule has 0 heterocycles. The molecule has 200 valence electrons. The summed E-state index contributed by atoms with van der Waals surface area (Å²) >= 11 is 0. The van der Waals surface area contributed by atoms with Gasteiger partial charge in [-0.05, 0) is 56.4 Å². The van der Waals surface area contributed by atoms with Crippen molar-refractivity contribution in [2.75, 3.05) is 59.4 Å². The van der Waals surface area contributed by atoms with E-state index in [1.807, 2.05) is 7.05 Å². The van der Waals surface area contributed by atoms with E-state index in [1.165, 1.54) is 9.80 Å². The largest absolute Gasteiger partial charge is 0.391 e. The molecule has 3 amide bonds. The van der Waals surface area contributed by atoms with Crippen molar-refractivity contribution in [3.63, 3.8) is 0 Å². The zero-order valence-electron chi connectivity index (χ0n) is 21.3. The van der Waals surface area contributed by atoms with Gasteiger partial charge in [-0.3, -0.25) is 19.2 Å². The predicted molar refractivity (Wildman–Crippen MR) is 142 cm³/mol. The Morgan fingerprint density at radius 1 is 0.972 bits per heavy atom. The summed E-state index contributed by atoms with van der Waals surface area (Å²) in [4.78, 5) is 53.0. The van der Waals surface area contributed by atoms with Gasteiger partial charge in [0.25, 0.3) is 0 Å². The van der Waals surface area contributed by atoms with Gasteiger partial charge in [0.2, 0.25) is 18.2 Å². The molecule has 0 saturated carbocycles. The summed E-state index contributed by atoms with van der Waals surface area (Å²) in [6.07, 6.45) is 4.98. The minimum absolute atomic E-state index is 0. The van der Waals surface area contributed by atoms with Gasteiger partial charge >= 0.3 is 0 Å². The van der Waals surface area contributed by atoms with Crippen molar-refractivity contribution in [2.45, 2.75) is 46.0 Å². The molecule has 1 aliphatic carbocycles. The number of likely N-dealkylation sites (N-methyl/N-ethyl adjacent to an activating group) is 1. The van der Waals surface area contributed by atoms with Gasteiger partial charge < -0.3 is 24.8 Å². The van der Waals surface area contributed by atoms with Crippen molar-refractivity contribution in [3.8, 4) is 0 Å². The lowest BCUT2D eigenvalue weighted by Crippen LogP contribution is -2.36. The van der Waals surface area contributed by atoms with Gasteiger partial charge in [-0.25, -0.2) is 0 Å². The first-order chi connectivity index (χ1) is 16.8. The maximum atomic E-state index is 12.9. The summed E-state index contributed by atoms with van der Waals surface area (Å²) in [6.45, 7) is 1.84. The molecule has 0 aliphatic heterocycles. The second-order valence-electron chi connectivity index (χ2n) is 8.79. The molecular weight excluding hydrogens is 460 g/mol. The van der Waals surface area contributed by atoms with E-state index in [4.69, 9.17) is 4.74 Å². The molecule has 2 rings (SSSR count). The highest BCUT2D eigenvalue weighted by atomic mass is 16.5. The SMILES string of the molecule is C.CNC1=C(C(=O)c2ccc(N(C)C(=O)CC(=O)N(C)CCOCCCN(C)C=O)cc2)CCCC1. The Hall–Kier alpha value is -3.20. The molecule has 0 radical (unpaired) electrons. The Morgan fingerprint density at radius 3 is 2.28 bits per heavy atom. The van der Waals surface area contributed by atoms with Gasteiger partial charge in [0, 0.05) is 70.4 Å². The van der Waals surface area contributed by atoms with Crippen LogP contribution < -0.4 is 10.2 Å². The lowest BCUT2D eigenvalue weighted by molar-refractivity contribution is -0.134. The maximum Gasteiger partial charge on any atom is 0.236 e. The summed E-state index contributed by atoms with van der Waals surface area (Å²) in [7, 11) is 6.81. The van der Waals surface area contributed by atoms with E-state index < -0.39 is 0 Å². The Labute approximate surface area is 215 Å². The van der Waals surface area contributed by atoms with E-state index >= 15 is 0 Å². The number of carbonyl (C=O) groups excluding carboxylic acids is 4. The average molecular weight is 503 g/mol. The van der Waals surface area contributed by atoms with Gasteiger partial charge in [0.05, 0.1) is 6.61 Å². The molecule has 1 aromatic carbocycles. The highest BCUT2D eigenvalue weighted by Gasteiger charge is 2.21. The van der Waals surface area contributed by atoms with Gasteiger partial charge in [-0.1, -0.05) is 7.43 Å². The minimum Gasteiger partial charge on any atom is -0.391 e. The van der Waals surface area contributed by atoms with E-state index in [0.29, 0.717) is 37.6 Å². The number of allylic oxidation sites excluding steroid dienone is 2. The van der Waals surface area contributed by atoms with Crippen molar-refractivity contribution >= 4 is 29.7 Å². The van der Waals surface area contributed by atoms with Crippen LogP contribution in [0.2, 0.25) is 0 Å². The molecule has 36 heavy (non-hydrogen) atoms. The summed E-state index contributed by atoms with van der Waals surface area (Å²) in [5.41, 5.74) is 3.06. The lowest BCUT2D eigenvalue weighted by Gasteiger charge is -2.21. The highest BCUT2D eigenvalue weighted by molar-refractivity contribution is 6.10. The Morgan fingerprint density at radius 2 is 1.64 bits per heavy atom. The number of ether oxygens (including phenoxy) is 1. The van der Waals surface area contributed by atoms with Gasteiger partial charge in [-0.2, -0.15) is 0 Å². The molecule has 1 aliphatic rings. The minimum atomic E-state index is -0.328. The van der Waals surface area contributed by atoms with Crippen LogP contribution in [0.5, 0.6) is 0 Å². The van der Waals surface area contributed by atoms with Crippen LogP contribution in [0.1, 0.15) is 56.3 Å². The molecule has 0 spiro atoms. The fraction of sp³-hybridized carbons (Fsp3) is 0.556. The molecule has 9 nitrogen and oxygen atoms in total. The molecular formula is C27H42N4O5. The summed E-state index contributed by atoms with van der Waals surface area (Å²) in [5.74, 6) is -0.600. The molecule has 0 bridgehead atoms. The fourth-order valence-electron chi connectivity index (χ4n) is 3.87. The zero-order chi connectivity index (χ0) is 25.8. The van der Waals surface area contributed by atoms with Crippen LogP contribution in [0.25, 0.3) is 0 Å². The third kappa shape index (κ3) is 9.11. The Balaban J connectivity index is 0.00000648. The second-order valence-corrected chi connectivity index (χ2v) is 8.79. The van der Waals surface area contributed by atoms with Gasteiger partial charge in [0.15, 0.2) is 5.78 Å². The van der Waals surface area contributed by atoms with Crippen LogP contribution in [0.4, 0.5) is 5.69 Å². The summed E-state index contributed by atoms with van der Waals surface area (Å²) in [6, 6.07) is 6.93. The van der Waals surface area contributed by atoms with E-state index in [1.54, 1.807) is 50.3 Å². The molecule has 0 atom stereocenters. The van der Waals surface area contributed by atoms with Crippen molar-refractivity contribution < 1.29 is 23.9 Å². The highest BCUT2D eigenvalue weighted by Crippen LogP contribution is 2.26. The normalized spacial score (nSPS) is 12.9. The molecule has 0 unspecified atom stereocenters. The second kappa shape index (κ2) is 15.7. The van der Waals surface area contributed by atoms with Crippen molar-refractivity contribution in [3.05, 3.63) is 41.1 Å². The number of nitrogens with zero attached hydrogens (tertiary/aromatic N) is 3. The summed E-state index contributed by atoms with van der Waals surface area (Å²) < 4.78 is 5.49. The van der Waals surface area contributed by atoms with Crippen LogP contribution >= 0.6 is 0 Å². The average Bonchev–Trinajstić information content (AvgIpc) is 2.89. The number of benzene rings is 1. The fourth-order valence-corrected chi connectivity index (χ4v) is 3.87. The molecule has 1 aromatic rings. The number of Topliss-reactive ketones (excluding diaryl/α,β-unsaturated/α-hetero) is 1. The van der Waals surface area contributed by atoms with Crippen LogP contribution in [0.3, 0.4) is 0 Å². The van der Waals surface area contributed by atoms with Crippen LogP contribution in [-0.2, 0) is 19.1 Å². The summed E-state index contributed by atoms with van der Waals surface area (Å²) in [5, 5.41) is 3.15. The van der Waals surface area contributed by atoms with E-state index in [9.17, 15) is 19.2 Å². The lowest BCUT2D eigenvalue weighted by atomic mass is 9.90. The van der Waals surface area contributed by atoms with E-state index in [-0.39, 0.29) is 31.4 Å². The number of ketones is 1. The first-order valence-corrected chi connectivity index (χ1v) is 12.1. The van der Waals surface area contributed by atoms with Crippen molar-refractivity contribution in [2.24, 2.45) is 0 Å². The van der Waals surface area contributed by atoms with Gasteiger partial charge in [0.1, 0.15) is 6.42 Å². The number of rotatable bonds is 14. The smallest absolute Gasteiger partial charge is 0.236 e.